The molecular weight excluding hydrogens is 460 g/mol. The summed E-state index contributed by atoms with van der Waals surface area (Å²) in [4.78, 5) is 12.4. The summed E-state index contributed by atoms with van der Waals surface area (Å²) >= 11 is 0. The molecule has 35 heavy (non-hydrogen) atoms. The minimum atomic E-state index is -3.62. The summed E-state index contributed by atoms with van der Waals surface area (Å²) in [7, 11) is -3.62. The van der Waals surface area contributed by atoms with E-state index >= 15 is 0 Å². The first kappa shape index (κ1) is 24.8. The van der Waals surface area contributed by atoms with Gasteiger partial charge < -0.3 is 10.1 Å². The molecule has 0 saturated carbocycles. The zero-order chi connectivity index (χ0) is 25.4. The Bertz CT molecular complexity index is 1350. The third-order valence-electron chi connectivity index (χ3n) is 6.18. The van der Waals surface area contributed by atoms with Crippen LogP contribution >= 0.6 is 0 Å². The molecule has 1 aliphatic heterocycles. The van der Waals surface area contributed by atoms with Gasteiger partial charge in [0.1, 0.15) is 5.75 Å². The van der Waals surface area contributed by atoms with Gasteiger partial charge in [-0.25, -0.2) is 13.1 Å². The molecule has 6 nitrogen and oxygen atoms in total. The van der Waals surface area contributed by atoms with Crippen molar-refractivity contribution in [2.75, 3.05) is 11.6 Å². The van der Waals surface area contributed by atoms with E-state index in [1.54, 1.807) is 12.1 Å². The van der Waals surface area contributed by atoms with Crippen molar-refractivity contribution in [1.82, 2.24) is 4.72 Å². The van der Waals surface area contributed by atoms with Gasteiger partial charge in [0.05, 0.1) is 18.4 Å². The van der Waals surface area contributed by atoms with Crippen LogP contribution in [0.3, 0.4) is 0 Å². The zero-order valence-electron chi connectivity index (χ0n) is 20.8. The normalized spacial score (nSPS) is 16.8. The van der Waals surface area contributed by atoms with Crippen molar-refractivity contribution in [1.29, 1.82) is 0 Å². The van der Waals surface area contributed by atoms with Crippen LogP contribution in [0.15, 0.2) is 66.7 Å². The summed E-state index contributed by atoms with van der Waals surface area (Å²) in [6.45, 7) is 8.32. The number of carbonyl (C=O) groups excluding carboxylic acids is 1. The predicted molar refractivity (Wildman–Crippen MR) is 140 cm³/mol. The van der Waals surface area contributed by atoms with Gasteiger partial charge >= 0.3 is 0 Å². The summed E-state index contributed by atoms with van der Waals surface area (Å²) in [5.41, 5.74) is 5.49. The monoisotopic (exact) mass is 492 g/mol. The van der Waals surface area contributed by atoms with E-state index in [-0.39, 0.29) is 17.6 Å². The molecule has 1 heterocycles. The third-order valence-corrected chi connectivity index (χ3v) is 6.74. The van der Waals surface area contributed by atoms with Crippen molar-refractivity contribution >= 4 is 21.6 Å². The van der Waals surface area contributed by atoms with E-state index in [0.717, 1.165) is 40.8 Å². The first-order chi connectivity index (χ1) is 16.4. The van der Waals surface area contributed by atoms with Crippen LogP contribution in [0.1, 0.15) is 61.6 Å². The first-order valence-corrected chi connectivity index (χ1v) is 13.6. The standard InChI is InChI=1S/C28H32N2O4S/c1-18(2)34-23-12-9-19(10-13-23)20-7-6-8-21(15-20)26-17-28(3,4)24-16-22(11-14-25(24)29-26)27(31)30-35(5,32)33/h6-16,18,26,29H,17H2,1-5H3,(H,30,31). The second-order valence-corrected chi connectivity index (χ2v) is 11.8. The fourth-order valence-electron chi connectivity index (χ4n) is 4.59. The molecule has 3 aromatic carbocycles. The number of carbonyl (C=O) groups is 1. The maximum atomic E-state index is 12.4. The lowest BCUT2D eigenvalue weighted by molar-refractivity contribution is 0.0981. The summed E-state index contributed by atoms with van der Waals surface area (Å²) < 4.78 is 30.7. The van der Waals surface area contributed by atoms with Gasteiger partial charge in [-0.15, -0.1) is 0 Å². The lowest BCUT2D eigenvalue weighted by Crippen LogP contribution is -2.33. The molecule has 0 spiro atoms. The second kappa shape index (κ2) is 9.38. The maximum Gasteiger partial charge on any atom is 0.264 e. The van der Waals surface area contributed by atoms with Crippen LogP contribution in [0.25, 0.3) is 11.1 Å². The highest BCUT2D eigenvalue weighted by atomic mass is 32.2. The smallest absolute Gasteiger partial charge is 0.264 e. The molecule has 2 N–H and O–H groups in total. The molecule has 0 aliphatic carbocycles. The van der Waals surface area contributed by atoms with Crippen LogP contribution in [0, 0.1) is 0 Å². The number of hydrogen-bond donors (Lipinski definition) is 2. The van der Waals surface area contributed by atoms with Crippen LogP contribution in [-0.2, 0) is 15.4 Å². The lowest BCUT2D eigenvalue weighted by atomic mass is 9.73. The van der Waals surface area contributed by atoms with E-state index < -0.39 is 15.9 Å². The Balaban J connectivity index is 1.59. The van der Waals surface area contributed by atoms with Crippen LogP contribution in [0.2, 0.25) is 0 Å². The minimum absolute atomic E-state index is 0.0942. The Labute approximate surface area is 207 Å². The largest absolute Gasteiger partial charge is 0.491 e. The highest BCUT2D eigenvalue weighted by Gasteiger charge is 2.34. The van der Waals surface area contributed by atoms with Gasteiger partial charge in [0.2, 0.25) is 10.0 Å². The molecule has 7 heteroatoms. The summed E-state index contributed by atoms with van der Waals surface area (Å²) in [5.74, 6) is 0.238. The molecule has 1 unspecified atom stereocenters. The topological polar surface area (TPSA) is 84.5 Å². The van der Waals surface area contributed by atoms with Crippen molar-refractivity contribution in [3.8, 4) is 16.9 Å². The third kappa shape index (κ3) is 5.85. The Morgan fingerprint density at radius 1 is 1.03 bits per heavy atom. The number of amides is 1. The van der Waals surface area contributed by atoms with Gasteiger partial charge in [0, 0.05) is 11.3 Å². The maximum absolute atomic E-state index is 12.4. The molecule has 1 atom stereocenters. The van der Waals surface area contributed by atoms with Crippen LogP contribution in [-0.4, -0.2) is 26.7 Å². The van der Waals surface area contributed by atoms with Gasteiger partial charge in [-0.3, -0.25) is 4.79 Å². The van der Waals surface area contributed by atoms with E-state index in [0.29, 0.717) is 5.56 Å². The van der Waals surface area contributed by atoms with Gasteiger partial charge in [-0.2, -0.15) is 0 Å². The molecule has 0 radical (unpaired) electrons. The molecule has 1 aliphatic rings. The van der Waals surface area contributed by atoms with Crippen molar-refractivity contribution in [2.45, 2.75) is 51.7 Å². The molecule has 3 aromatic rings. The van der Waals surface area contributed by atoms with E-state index in [2.05, 4.69) is 55.6 Å². The predicted octanol–water partition coefficient (Wildman–Crippen LogP) is 5.66. The van der Waals surface area contributed by atoms with Gasteiger partial charge in [0.15, 0.2) is 0 Å². The van der Waals surface area contributed by atoms with Crippen molar-refractivity contribution in [3.05, 3.63) is 83.4 Å². The second-order valence-electron chi connectivity index (χ2n) is 10.1. The zero-order valence-corrected chi connectivity index (χ0v) is 21.6. The van der Waals surface area contributed by atoms with Crippen LogP contribution in [0.5, 0.6) is 5.75 Å². The average Bonchev–Trinajstić information content (AvgIpc) is 2.77. The number of anilines is 1. The molecule has 0 fully saturated rings. The molecule has 184 valence electrons. The van der Waals surface area contributed by atoms with Gasteiger partial charge in [0.25, 0.3) is 5.91 Å². The van der Waals surface area contributed by atoms with E-state index in [1.165, 1.54) is 5.56 Å². The van der Waals surface area contributed by atoms with Crippen molar-refractivity contribution in [3.63, 3.8) is 0 Å². The van der Waals surface area contributed by atoms with Crippen molar-refractivity contribution < 1.29 is 17.9 Å². The van der Waals surface area contributed by atoms with Crippen LogP contribution in [0.4, 0.5) is 5.69 Å². The highest BCUT2D eigenvalue weighted by Crippen LogP contribution is 2.44. The number of ether oxygens (including phenoxy) is 1. The highest BCUT2D eigenvalue weighted by molar-refractivity contribution is 7.89. The number of fused-ring (bicyclic) bond motifs is 1. The summed E-state index contributed by atoms with van der Waals surface area (Å²) in [6.07, 6.45) is 1.93. The quantitative estimate of drug-likeness (QED) is 0.464. The number of nitrogens with one attached hydrogen (secondary N) is 2. The van der Waals surface area contributed by atoms with Crippen molar-refractivity contribution in [2.24, 2.45) is 0 Å². The fourth-order valence-corrected chi connectivity index (χ4v) is 5.05. The van der Waals surface area contributed by atoms with E-state index in [4.69, 9.17) is 4.74 Å². The molecule has 0 bridgehead atoms. The number of sulfonamides is 1. The molecular formula is C28H32N2O4S. The van der Waals surface area contributed by atoms with Gasteiger partial charge in [-0.1, -0.05) is 44.2 Å². The van der Waals surface area contributed by atoms with E-state index in [9.17, 15) is 13.2 Å². The average molecular weight is 493 g/mol. The summed E-state index contributed by atoms with van der Waals surface area (Å²) in [5, 5.41) is 3.62. The number of hydrogen-bond acceptors (Lipinski definition) is 5. The fraction of sp³-hybridized carbons (Fsp3) is 0.321. The number of benzene rings is 3. The minimum Gasteiger partial charge on any atom is -0.491 e. The Morgan fingerprint density at radius 3 is 2.40 bits per heavy atom. The molecule has 0 aromatic heterocycles. The Hall–Kier alpha value is -3.32. The molecule has 4 rings (SSSR count). The Kier molecular flexibility index (Phi) is 6.64. The van der Waals surface area contributed by atoms with Gasteiger partial charge in [-0.05, 0) is 84.3 Å². The van der Waals surface area contributed by atoms with E-state index in [1.807, 2.05) is 36.8 Å². The number of rotatable bonds is 6. The lowest BCUT2D eigenvalue weighted by Gasteiger charge is -2.39. The summed E-state index contributed by atoms with van der Waals surface area (Å²) in [6, 6.07) is 22.1. The Morgan fingerprint density at radius 2 is 1.74 bits per heavy atom. The first-order valence-electron chi connectivity index (χ1n) is 11.7. The molecule has 0 saturated heterocycles. The SMILES string of the molecule is CC(C)Oc1ccc(-c2cccc(C3CC(C)(C)c4cc(C(=O)NS(C)(=O)=O)ccc4N3)c2)cc1. The molecule has 1 amide bonds. The van der Waals surface area contributed by atoms with Crippen LogP contribution < -0.4 is 14.8 Å².